The summed E-state index contributed by atoms with van der Waals surface area (Å²) in [6.07, 6.45) is 1.28. The summed E-state index contributed by atoms with van der Waals surface area (Å²) in [4.78, 5) is 35.7. The Bertz CT molecular complexity index is 546. The minimum atomic E-state index is -1.18. The van der Waals surface area contributed by atoms with Crippen molar-refractivity contribution < 1.29 is 23.9 Å². The molecule has 0 bridgehead atoms. The summed E-state index contributed by atoms with van der Waals surface area (Å²) in [5.41, 5.74) is -0.455. The molecule has 1 aromatic heterocycles. The summed E-state index contributed by atoms with van der Waals surface area (Å²) < 4.78 is 4.88. The maximum Gasteiger partial charge on any atom is 0.372 e. The maximum atomic E-state index is 11.8. The van der Waals surface area contributed by atoms with Crippen molar-refractivity contribution in [3.05, 3.63) is 23.7 Å². The number of carboxylic acids is 1. The highest BCUT2D eigenvalue weighted by Gasteiger charge is 2.41. The molecule has 1 fully saturated rings. The second-order valence-corrected chi connectivity index (χ2v) is 4.87. The molecule has 7 nitrogen and oxygen atoms in total. The molecule has 0 spiro atoms. The van der Waals surface area contributed by atoms with Gasteiger partial charge in [-0.2, -0.15) is 0 Å². The number of piperazine rings is 1. The van der Waals surface area contributed by atoms with Crippen LogP contribution in [0.3, 0.4) is 0 Å². The Morgan fingerprint density at radius 2 is 2.21 bits per heavy atom. The van der Waals surface area contributed by atoms with Gasteiger partial charge in [-0.15, -0.1) is 0 Å². The summed E-state index contributed by atoms with van der Waals surface area (Å²) in [7, 11) is 0. The molecule has 19 heavy (non-hydrogen) atoms. The van der Waals surface area contributed by atoms with Gasteiger partial charge in [0.1, 0.15) is 0 Å². The Balaban J connectivity index is 2.26. The smallest absolute Gasteiger partial charge is 0.372 e. The molecule has 2 heterocycles. The lowest BCUT2D eigenvalue weighted by Gasteiger charge is -2.39. The van der Waals surface area contributed by atoms with E-state index < -0.39 is 23.3 Å². The minimum Gasteiger partial charge on any atom is -0.475 e. The van der Waals surface area contributed by atoms with Crippen molar-refractivity contribution >= 4 is 17.8 Å². The van der Waals surface area contributed by atoms with Crippen LogP contribution in [0, 0.1) is 0 Å². The molecule has 0 radical (unpaired) electrons. The molecule has 1 aromatic rings. The summed E-state index contributed by atoms with van der Waals surface area (Å²) in [5.74, 6) is -2.14. The fourth-order valence-electron chi connectivity index (χ4n) is 1.94. The fraction of sp³-hybridized carbons (Fsp3) is 0.417. The Morgan fingerprint density at radius 1 is 1.53 bits per heavy atom. The Labute approximate surface area is 109 Å². The van der Waals surface area contributed by atoms with E-state index in [0.717, 1.165) is 0 Å². The average molecular weight is 266 g/mol. The van der Waals surface area contributed by atoms with E-state index in [9.17, 15) is 14.4 Å². The van der Waals surface area contributed by atoms with Gasteiger partial charge in [0, 0.05) is 12.1 Å². The molecule has 0 saturated carbocycles. The average Bonchev–Trinajstić information content (AvgIpc) is 2.74. The van der Waals surface area contributed by atoms with Crippen molar-refractivity contribution in [1.82, 2.24) is 10.2 Å². The number of nitrogens with one attached hydrogen (secondary N) is 1. The van der Waals surface area contributed by atoms with Gasteiger partial charge in [0.15, 0.2) is 0 Å². The molecule has 1 aliphatic heterocycles. The van der Waals surface area contributed by atoms with E-state index in [2.05, 4.69) is 5.32 Å². The van der Waals surface area contributed by atoms with Gasteiger partial charge >= 0.3 is 5.97 Å². The van der Waals surface area contributed by atoms with Crippen molar-refractivity contribution in [2.75, 3.05) is 6.54 Å². The SMILES string of the molecule is CC1(C)C(=O)NC(=O)CN1Cc1ccoc1C(=O)O. The molecule has 0 aliphatic carbocycles. The predicted octanol–water partition coefficient (Wildman–Crippen LogP) is 0.215. The summed E-state index contributed by atoms with van der Waals surface area (Å²) >= 11 is 0. The molecule has 1 saturated heterocycles. The number of furan rings is 1. The van der Waals surface area contributed by atoms with Crippen LogP contribution in [0.15, 0.2) is 16.7 Å². The Morgan fingerprint density at radius 3 is 2.84 bits per heavy atom. The summed E-state index contributed by atoms with van der Waals surface area (Å²) in [6, 6.07) is 1.52. The van der Waals surface area contributed by atoms with E-state index >= 15 is 0 Å². The van der Waals surface area contributed by atoms with Gasteiger partial charge in [0.2, 0.25) is 17.6 Å². The first kappa shape index (κ1) is 13.3. The number of carbonyl (C=O) groups excluding carboxylic acids is 2. The Hall–Kier alpha value is -2.15. The first-order chi connectivity index (χ1) is 8.82. The number of rotatable bonds is 3. The zero-order valence-electron chi connectivity index (χ0n) is 10.6. The van der Waals surface area contributed by atoms with Crippen LogP contribution in [0.5, 0.6) is 0 Å². The number of aromatic carboxylic acids is 1. The molecule has 102 valence electrons. The lowest BCUT2D eigenvalue weighted by atomic mass is 9.98. The van der Waals surface area contributed by atoms with Crippen LogP contribution >= 0.6 is 0 Å². The molecule has 2 N–H and O–H groups in total. The summed E-state index contributed by atoms with van der Waals surface area (Å²) in [5, 5.41) is 11.2. The first-order valence-corrected chi connectivity index (χ1v) is 5.71. The van der Waals surface area contributed by atoms with Gasteiger partial charge in [-0.3, -0.25) is 19.8 Å². The standard InChI is InChI=1S/C12H14N2O5/c1-12(2)11(18)13-8(15)6-14(12)5-7-3-4-19-9(7)10(16)17/h3-4H,5-6H2,1-2H3,(H,16,17)(H,13,15,18). The molecule has 0 unspecified atom stereocenters. The van der Waals surface area contributed by atoms with Gasteiger partial charge in [0.25, 0.3) is 0 Å². The topological polar surface area (TPSA) is 99.9 Å². The Kier molecular flexibility index (Phi) is 3.15. The van der Waals surface area contributed by atoms with Crippen molar-refractivity contribution in [2.24, 2.45) is 0 Å². The van der Waals surface area contributed by atoms with Crippen LogP contribution in [-0.2, 0) is 16.1 Å². The normalized spacial score (nSPS) is 19.3. The third-order valence-electron chi connectivity index (χ3n) is 3.24. The molecule has 2 rings (SSSR count). The highest BCUT2D eigenvalue weighted by atomic mass is 16.4. The fourth-order valence-corrected chi connectivity index (χ4v) is 1.94. The number of nitrogens with zero attached hydrogens (tertiary/aromatic N) is 1. The van der Waals surface area contributed by atoms with E-state index in [1.165, 1.54) is 12.3 Å². The molecule has 0 aromatic carbocycles. The minimum absolute atomic E-state index is 0.0307. The van der Waals surface area contributed by atoms with Gasteiger partial charge in [-0.05, 0) is 19.9 Å². The summed E-state index contributed by atoms with van der Waals surface area (Å²) in [6.45, 7) is 3.54. The van der Waals surface area contributed by atoms with Crippen LogP contribution in [-0.4, -0.2) is 39.9 Å². The number of amides is 2. The first-order valence-electron chi connectivity index (χ1n) is 5.71. The van der Waals surface area contributed by atoms with Crippen molar-refractivity contribution in [2.45, 2.75) is 25.9 Å². The van der Waals surface area contributed by atoms with Crippen molar-refractivity contribution in [3.63, 3.8) is 0 Å². The van der Waals surface area contributed by atoms with E-state index in [-0.39, 0.29) is 18.8 Å². The second kappa shape index (κ2) is 4.51. The van der Waals surface area contributed by atoms with Crippen molar-refractivity contribution in [3.8, 4) is 0 Å². The monoisotopic (exact) mass is 266 g/mol. The van der Waals surface area contributed by atoms with Gasteiger partial charge < -0.3 is 9.52 Å². The zero-order valence-corrected chi connectivity index (χ0v) is 10.6. The lowest BCUT2D eigenvalue weighted by Crippen LogP contribution is -2.63. The number of carboxylic acid groups (broad SMARTS) is 1. The highest BCUT2D eigenvalue weighted by Crippen LogP contribution is 2.23. The largest absolute Gasteiger partial charge is 0.475 e. The molecule has 1 aliphatic rings. The maximum absolute atomic E-state index is 11.8. The van der Waals surface area contributed by atoms with Gasteiger partial charge in [-0.1, -0.05) is 0 Å². The van der Waals surface area contributed by atoms with Crippen LogP contribution < -0.4 is 5.32 Å². The third-order valence-corrected chi connectivity index (χ3v) is 3.24. The lowest BCUT2D eigenvalue weighted by molar-refractivity contribution is -0.145. The number of hydrogen-bond acceptors (Lipinski definition) is 5. The van der Waals surface area contributed by atoms with Crippen LogP contribution in [0.2, 0.25) is 0 Å². The quantitative estimate of drug-likeness (QED) is 0.759. The van der Waals surface area contributed by atoms with Gasteiger partial charge in [-0.25, -0.2) is 4.79 Å². The molecule has 7 heteroatoms. The van der Waals surface area contributed by atoms with E-state index in [0.29, 0.717) is 5.56 Å². The predicted molar refractivity (Wildman–Crippen MR) is 63.3 cm³/mol. The molecular weight excluding hydrogens is 252 g/mol. The number of imide groups is 1. The van der Waals surface area contributed by atoms with E-state index in [1.54, 1.807) is 18.7 Å². The number of hydrogen-bond donors (Lipinski definition) is 2. The molecular formula is C12H14N2O5. The zero-order chi connectivity index (χ0) is 14.2. The van der Waals surface area contributed by atoms with Crippen molar-refractivity contribution in [1.29, 1.82) is 0 Å². The van der Waals surface area contributed by atoms with Crippen LogP contribution in [0.1, 0.15) is 30.0 Å². The third kappa shape index (κ3) is 2.37. The van der Waals surface area contributed by atoms with Crippen LogP contribution in [0.25, 0.3) is 0 Å². The van der Waals surface area contributed by atoms with Gasteiger partial charge in [0.05, 0.1) is 18.3 Å². The van der Waals surface area contributed by atoms with E-state index in [1.807, 2.05) is 0 Å². The molecule has 0 atom stereocenters. The second-order valence-electron chi connectivity index (χ2n) is 4.87. The molecule has 2 amide bonds. The van der Waals surface area contributed by atoms with Crippen LogP contribution in [0.4, 0.5) is 0 Å². The number of carbonyl (C=O) groups is 3. The van der Waals surface area contributed by atoms with E-state index in [4.69, 9.17) is 9.52 Å². The highest BCUT2D eigenvalue weighted by molar-refractivity contribution is 6.02.